The molecule has 1 aromatic rings. The first-order chi connectivity index (χ1) is 40.8. The predicted molar refractivity (Wildman–Crippen MR) is 340 cm³/mol. The molecular weight excluding hydrogens is 1060 g/mol. The smallest absolute Gasteiger partial charge is 0.339 e. The van der Waals surface area contributed by atoms with Crippen molar-refractivity contribution in [3.63, 3.8) is 0 Å². The van der Waals surface area contributed by atoms with E-state index in [1.54, 1.807) is 12.1 Å². The molecule has 12 fully saturated rings. The Balaban J connectivity index is 0.927. The van der Waals surface area contributed by atoms with Crippen LogP contribution in [0, 0.1) is 114 Å². The van der Waals surface area contributed by atoms with Crippen LogP contribution in [0.5, 0.6) is 0 Å². The molecule has 1 aromatic carbocycles. The largest absolute Gasteiger partial charge is 0.458 e. The summed E-state index contributed by atoms with van der Waals surface area (Å²) < 4.78 is 28.8. The van der Waals surface area contributed by atoms with Gasteiger partial charge in [-0.2, -0.15) is 0 Å². The van der Waals surface area contributed by atoms with Crippen LogP contribution in [0.25, 0.3) is 0 Å². The Hall–Kier alpha value is -2.90. The molecule has 12 aliphatic rings. The van der Waals surface area contributed by atoms with Gasteiger partial charge in [0.15, 0.2) is 0 Å². The van der Waals surface area contributed by atoms with Gasteiger partial charge < -0.3 is 18.9 Å². The van der Waals surface area contributed by atoms with Gasteiger partial charge in [0.2, 0.25) is 0 Å². The molecule has 0 heterocycles. The molecule has 16 atom stereocenters. The van der Waals surface area contributed by atoms with E-state index in [9.17, 15) is 0 Å². The van der Waals surface area contributed by atoms with Crippen molar-refractivity contribution in [3.05, 3.63) is 34.4 Å². The van der Waals surface area contributed by atoms with E-state index in [4.69, 9.17) is 18.9 Å². The molecule has 12 aliphatic carbocycles. The molecule has 478 valence electrons. The number of rotatable bonds is 16. The van der Waals surface area contributed by atoms with Gasteiger partial charge in [0.25, 0.3) is 0 Å². The van der Waals surface area contributed by atoms with Crippen LogP contribution in [0.2, 0.25) is 0 Å². The second-order valence-electron chi connectivity index (χ2n) is 36.0. The van der Waals surface area contributed by atoms with Crippen molar-refractivity contribution in [3.8, 4) is 0 Å². The summed E-state index contributed by atoms with van der Waals surface area (Å²) in [6.07, 6.45) is 36.1. The van der Waals surface area contributed by atoms with Crippen LogP contribution in [0.15, 0.2) is 12.1 Å². The number of benzene rings is 1. The van der Waals surface area contributed by atoms with Crippen LogP contribution >= 0.6 is 0 Å². The van der Waals surface area contributed by atoms with Crippen molar-refractivity contribution in [2.75, 3.05) is 0 Å². The Labute approximate surface area is 521 Å². The molecule has 0 radical (unpaired) electrons. The van der Waals surface area contributed by atoms with Gasteiger partial charge >= 0.3 is 23.9 Å². The molecule has 0 amide bonds. The second-order valence-corrected chi connectivity index (χ2v) is 36.0. The van der Waals surface area contributed by atoms with Gasteiger partial charge in [0.1, 0.15) is 24.4 Å². The molecule has 12 saturated carbocycles. The van der Waals surface area contributed by atoms with Crippen LogP contribution in [0.3, 0.4) is 0 Å². The summed E-state index contributed by atoms with van der Waals surface area (Å²) in [5, 5.41) is 0. The normalized spacial score (nSPS) is 42.1. The second kappa shape index (κ2) is 22.4. The molecule has 0 aliphatic heterocycles. The fraction of sp³-hybridized carbons (Fsp3) is 0.872. The van der Waals surface area contributed by atoms with Crippen molar-refractivity contribution in [2.24, 2.45) is 114 Å². The number of hydrogen-bond acceptors (Lipinski definition) is 8. The van der Waals surface area contributed by atoms with Crippen molar-refractivity contribution >= 4 is 23.9 Å². The summed E-state index contributed by atoms with van der Waals surface area (Å²) in [7, 11) is 0. The summed E-state index contributed by atoms with van der Waals surface area (Å²) in [6, 6.07) is 3.17. The van der Waals surface area contributed by atoms with Crippen LogP contribution < -0.4 is 0 Å². The standard InChI is InChI=1S/C78H118O8/c1-71(2)59-33-37-75(71,9)63(55(59)41-47-25-17-13-18-26-47)83-67(79)51-45-53(69(81)85-65-57(43-49-29-21-15-22-30-49)61-35-39-77(65,11)73(61,5)6)54(70(82)86-66-58(44-50-31-23-16-24-32-50)62-36-40-78(66,12)74(62,7)8)46-52(51)68(80)84-64-56(42-48-27-19-14-20-28-48)60-34-38-76(64,10)72(60,3)4/h45-50,55-66H,13-44H2,1-12H3/t55-,56-,57-,58-,59?,60?,61?,62?,63+,64+,65+,66+,75+,76+,77+,78+/m0/s1. The van der Waals surface area contributed by atoms with Crippen molar-refractivity contribution in [1.82, 2.24) is 0 Å². The van der Waals surface area contributed by atoms with E-state index in [0.717, 1.165) is 77.0 Å². The molecule has 0 N–H and O–H groups in total. The lowest BCUT2D eigenvalue weighted by molar-refractivity contribution is -0.0492. The minimum Gasteiger partial charge on any atom is -0.458 e. The summed E-state index contributed by atoms with van der Waals surface area (Å²) in [5.41, 5.74) is -1.23. The molecule has 8 nitrogen and oxygen atoms in total. The van der Waals surface area contributed by atoms with E-state index in [-0.39, 0.29) is 114 Å². The molecule has 8 heteroatoms. The highest BCUT2D eigenvalue weighted by atomic mass is 16.6. The third-order valence-electron chi connectivity index (χ3n) is 31.9. The lowest BCUT2D eigenvalue weighted by atomic mass is 9.69. The van der Waals surface area contributed by atoms with Crippen molar-refractivity contribution in [1.29, 1.82) is 0 Å². The van der Waals surface area contributed by atoms with Gasteiger partial charge in [-0.05, 0) is 158 Å². The number of hydrogen-bond donors (Lipinski definition) is 0. The van der Waals surface area contributed by atoms with E-state index in [1.807, 2.05) is 0 Å². The summed E-state index contributed by atoms with van der Waals surface area (Å²) in [6.45, 7) is 28.6. The molecule has 0 aromatic heterocycles. The first-order valence-electron chi connectivity index (χ1n) is 36.8. The van der Waals surface area contributed by atoms with E-state index in [2.05, 4.69) is 83.1 Å². The van der Waals surface area contributed by atoms with Gasteiger partial charge in [0.05, 0.1) is 22.3 Å². The van der Waals surface area contributed by atoms with Crippen molar-refractivity contribution < 1.29 is 38.1 Å². The Morgan fingerprint density at radius 3 is 0.674 bits per heavy atom. The Kier molecular flexibility index (Phi) is 16.2. The number of esters is 4. The third-order valence-corrected chi connectivity index (χ3v) is 31.9. The van der Waals surface area contributed by atoms with Crippen LogP contribution in [-0.2, 0) is 18.9 Å². The molecule has 4 unspecified atom stereocenters. The highest BCUT2D eigenvalue weighted by molar-refractivity contribution is 6.10. The van der Waals surface area contributed by atoms with Crippen molar-refractivity contribution in [2.45, 2.75) is 313 Å². The first kappa shape index (κ1) is 61.9. The maximum absolute atomic E-state index is 16.2. The average Bonchev–Trinajstić information content (AvgIpc) is 1.57. The Morgan fingerprint density at radius 2 is 0.488 bits per heavy atom. The van der Waals surface area contributed by atoms with Gasteiger partial charge in [0, 0.05) is 45.3 Å². The zero-order valence-corrected chi connectivity index (χ0v) is 56.3. The molecule has 13 rings (SSSR count). The van der Waals surface area contributed by atoms with Gasteiger partial charge in [-0.1, -0.05) is 212 Å². The zero-order chi connectivity index (χ0) is 60.7. The Morgan fingerprint density at radius 1 is 0.302 bits per heavy atom. The first-order valence-corrected chi connectivity index (χ1v) is 36.8. The maximum atomic E-state index is 16.2. The summed E-state index contributed by atoms with van der Waals surface area (Å²) >= 11 is 0. The van der Waals surface area contributed by atoms with Crippen LogP contribution in [0.1, 0.15) is 330 Å². The fourth-order valence-corrected chi connectivity index (χ4v) is 25.3. The monoisotopic (exact) mass is 1180 g/mol. The topological polar surface area (TPSA) is 105 Å². The number of fused-ring (bicyclic) bond motifs is 8. The Bertz CT molecular complexity index is 2360. The molecular formula is C78H118O8. The lowest BCUT2D eigenvalue weighted by Crippen LogP contribution is -2.43. The van der Waals surface area contributed by atoms with Crippen LogP contribution in [-0.4, -0.2) is 48.3 Å². The predicted octanol–water partition coefficient (Wildman–Crippen LogP) is 20.0. The van der Waals surface area contributed by atoms with E-state index >= 15 is 19.2 Å². The van der Waals surface area contributed by atoms with E-state index in [1.165, 1.54) is 128 Å². The minimum absolute atomic E-state index is 0.0249. The van der Waals surface area contributed by atoms with Gasteiger partial charge in [-0.15, -0.1) is 0 Å². The summed E-state index contributed by atoms with van der Waals surface area (Å²) in [5.74, 6) is 2.46. The van der Waals surface area contributed by atoms with Gasteiger partial charge in [-0.3, -0.25) is 0 Å². The SMILES string of the molecule is CC1(C)C2CC[C@]1(C)[C@H](OC(=O)c1cc(C(=O)O[C@@H]3[C@@H](CC4CCCCC4)C4CC[C@@]3(C)C4(C)C)c(C(=O)O[C@@H]3[C@@H](CC4CCCCC4)C4CC[C@@]3(C)C4(C)C)cc1C(=O)O[C@@H]1[C@@H](CC3CCCCC3)C3CC[C@@]1(C)C3(C)C)[C@H]2CC1CCCCC1. The number of ether oxygens (including phenoxy) is 4. The van der Waals surface area contributed by atoms with E-state index < -0.39 is 23.9 Å². The van der Waals surface area contributed by atoms with E-state index in [0.29, 0.717) is 47.3 Å². The highest BCUT2D eigenvalue weighted by Crippen LogP contribution is 2.74. The molecule has 0 saturated heterocycles. The third kappa shape index (κ3) is 9.58. The minimum atomic E-state index is -0.592. The maximum Gasteiger partial charge on any atom is 0.339 e. The number of carbonyl (C=O) groups is 4. The quantitative estimate of drug-likeness (QED) is 0.119. The van der Waals surface area contributed by atoms with Gasteiger partial charge in [-0.25, -0.2) is 19.2 Å². The zero-order valence-electron chi connectivity index (χ0n) is 56.3. The molecule has 8 bridgehead atoms. The average molecular weight is 1180 g/mol. The molecule has 0 spiro atoms. The highest BCUT2D eigenvalue weighted by Gasteiger charge is 2.72. The molecule has 86 heavy (non-hydrogen) atoms. The lowest BCUT2D eigenvalue weighted by Gasteiger charge is -2.41. The fourth-order valence-electron chi connectivity index (χ4n) is 25.3. The summed E-state index contributed by atoms with van der Waals surface area (Å²) in [4.78, 5) is 64.7. The van der Waals surface area contributed by atoms with Crippen LogP contribution in [0.4, 0.5) is 0 Å². The number of carbonyl (C=O) groups excluding carboxylic acids is 4.